The van der Waals surface area contributed by atoms with Gasteiger partial charge in [0.1, 0.15) is 12.1 Å². The van der Waals surface area contributed by atoms with E-state index in [1.165, 1.54) is 11.2 Å². The first-order valence-corrected chi connectivity index (χ1v) is 8.18. The summed E-state index contributed by atoms with van der Waals surface area (Å²) in [4.78, 5) is 26.3. The lowest BCUT2D eigenvalue weighted by Gasteiger charge is -2.24. The highest BCUT2D eigenvalue weighted by molar-refractivity contribution is 6.06. The monoisotopic (exact) mass is 330 g/mol. The van der Waals surface area contributed by atoms with E-state index < -0.39 is 5.54 Å². The van der Waals surface area contributed by atoms with Crippen LogP contribution in [0, 0.1) is 0 Å². The molecule has 1 N–H and O–H groups in total. The van der Waals surface area contributed by atoms with Gasteiger partial charge in [0, 0.05) is 0 Å². The van der Waals surface area contributed by atoms with Crippen molar-refractivity contribution in [3.63, 3.8) is 0 Å². The molecular formula is C16H18N4O4. The molecule has 1 aliphatic carbocycles. The summed E-state index contributed by atoms with van der Waals surface area (Å²) in [6, 6.07) is 3.03. The van der Waals surface area contributed by atoms with Crippen LogP contribution in [0.1, 0.15) is 44.4 Å². The van der Waals surface area contributed by atoms with Crippen LogP contribution in [-0.2, 0) is 11.3 Å². The van der Waals surface area contributed by atoms with E-state index in [0.717, 1.165) is 25.7 Å². The molecule has 24 heavy (non-hydrogen) atoms. The van der Waals surface area contributed by atoms with Crippen LogP contribution in [0.4, 0.5) is 4.79 Å². The zero-order valence-corrected chi connectivity index (χ0v) is 13.2. The second kappa shape index (κ2) is 5.77. The number of furan rings is 1. The normalized spacial score (nSPS) is 20.4. The van der Waals surface area contributed by atoms with E-state index >= 15 is 0 Å². The predicted molar refractivity (Wildman–Crippen MR) is 81.5 cm³/mol. The molecular weight excluding hydrogens is 312 g/mol. The van der Waals surface area contributed by atoms with E-state index in [0.29, 0.717) is 18.6 Å². The van der Waals surface area contributed by atoms with Gasteiger partial charge in [-0.1, -0.05) is 25.7 Å². The standard InChI is InChI=1S/C16H18N4O4/c21-14-16(7-3-1-2-4-8-16)17-15(22)20(14)10-12-18-19-13(24-12)11-6-5-9-23-11/h5-6,9H,1-4,7-8,10H2,(H,17,22). The summed E-state index contributed by atoms with van der Waals surface area (Å²) in [6.45, 7) is -0.0277. The maximum absolute atomic E-state index is 12.8. The number of carbonyl (C=O) groups excluding carboxylic acids is 2. The quantitative estimate of drug-likeness (QED) is 0.868. The van der Waals surface area contributed by atoms with Gasteiger partial charge in [0.2, 0.25) is 5.89 Å². The summed E-state index contributed by atoms with van der Waals surface area (Å²) in [6.07, 6.45) is 6.98. The molecule has 0 unspecified atom stereocenters. The number of nitrogens with one attached hydrogen (secondary N) is 1. The van der Waals surface area contributed by atoms with Crippen LogP contribution in [0.2, 0.25) is 0 Å². The van der Waals surface area contributed by atoms with Gasteiger partial charge in [-0.05, 0) is 25.0 Å². The molecule has 3 heterocycles. The highest BCUT2D eigenvalue weighted by Crippen LogP contribution is 2.33. The molecule has 1 saturated carbocycles. The fourth-order valence-electron chi connectivity index (χ4n) is 3.44. The van der Waals surface area contributed by atoms with Crippen molar-refractivity contribution < 1.29 is 18.4 Å². The molecule has 2 aromatic rings. The number of imide groups is 1. The third kappa shape index (κ3) is 2.47. The molecule has 2 fully saturated rings. The third-order valence-electron chi connectivity index (χ3n) is 4.70. The van der Waals surface area contributed by atoms with Crippen molar-refractivity contribution in [3.05, 3.63) is 24.3 Å². The van der Waals surface area contributed by atoms with Crippen LogP contribution in [0.25, 0.3) is 11.7 Å². The zero-order chi connectivity index (χ0) is 16.6. The topological polar surface area (TPSA) is 101 Å². The summed E-state index contributed by atoms with van der Waals surface area (Å²) < 4.78 is 10.7. The Kier molecular flexibility index (Phi) is 3.59. The van der Waals surface area contributed by atoms with Crippen LogP contribution < -0.4 is 5.32 Å². The third-order valence-corrected chi connectivity index (χ3v) is 4.70. The molecule has 0 atom stereocenters. The lowest BCUT2D eigenvalue weighted by Crippen LogP contribution is -2.46. The number of nitrogens with zero attached hydrogens (tertiary/aromatic N) is 3. The number of carbonyl (C=O) groups is 2. The first kappa shape index (κ1) is 14.9. The lowest BCUT2D eigenvalue weighted by molar-refractivity contribution is -0.132. The van der Waals surface area contributed by atoms with Crippen LogP contribution in [0.15, 0.2) is 27.2 Å². The van der Waals surface area contributed by atoms with E-state index in [-0.39, 0.29) is 30.3 Å². The smallest absolute Gasteiger partial charge is 0.325 e. The molecule has 0 aromatic carbocycles. The van der Waals surface area contributed by atoms with Crippen molar-refractivity contribution in [2.24, 2.45) is 0 Å². The van der Waals surface area contributed by atoms with E-state index in [1.807, 2.05) is 0 Å². The van der Waals surface area contributed by atoms with Gasteiger partial charge in [0.15, 0.2) is 5.76 Å². The van der Waals surface area contributed by atoms with Crippen molar-refractivity contribution >= 4 is 11.9 Å². The predicted octanol–water partition coefficient (Wildman–Crippen LogP) is 2.47. The van der Waals surface area contributed by atoms with Crippen LogP contribution in [0.3, 0.4) is 0 Å². The zero-order valence-electron chi connectivity index (χ0n) is 13.2. The summed E-state index contributed by atoms with van der Waals surface area (Å²) in [7, 11) is 0. The first-order valence-electron chi connectivity index (χ1n) is 8.18. The van der Waals surface area contributed by atoms with Crippen molar-refractivity contribution in [1.82, 2.24) is 20.4 Å². The molecule has 8 heteroatoms. The average Bonchev–Trinajstić information content (AvgIpc) is 3.25. The van der Waals surface area contributed by atoms with Crippen molar-refractivity contribution in [1.29, 1.82) is 0 Å². The SMILES string of the molecule is O=C1NC2(CCCCCC2)C(=O)N1Cc1nnc(-c2ccco2)o1. The molecule has 4 rings (SSSR count). The number of aromatic nitrogens is 2. The minimum Gasteiger partial charge on any atom is -0.459 e. The number of urea groups is 1. The molecule has 2 aromatic heterocycles. The highest BCUT2D eigenvalue weighted by Gasteiger charge is 2.51. The average molecular weight is 330 g/mol. The van der Waals surface area contributed by atoms with Crippen molar-refractivity contribution in [2.75, 3.05) is 0 Å². The minimum absolute atomic E-state index is 0.0277. The van der Waals surface area contributed by atoms with E-state index in [1.54, 1.807) is 12.1 Å². The Bertz CT molecular complexity index is 744. The van der Waals surface area contributed by atoms with Gasteiger partial charge in [-0.2, -0.15) is 0 Å². The molecule has 1 spiro atoms. The second-order valence-corrected chi connectivity index (χ2v) is 6.30. The molecule has 8 nitrogen and oxygen atoms in total. The summed E-state index contributed by atoms with van der Waals surface area (Å²) in [5.41, 5.74) is -0.753. The fourth-order valence-corrected chi connectivity index (χ4v) is 3.44. The first-order chi connectivity index (χ1) is 11.7. The van der Waals surface area contributed by atoms with Crippen LogP contribution >= 0.6 is 0 Å². The number of rotatable bonds is 3. The highest BCUT2D eigenvalue weighted by atomic mass is 16.4. The Morgan fingerprint density at radius 3 is 2.67 bits per heavy atom. The second-order valence-electron chi connectivity index (χ2n) is 6.30. The van der Waals surface area contributed by atoms with E-state index in [9.17, 15) is 9.59 Å². The fraction of sp³-hybridized carbons (Fsp3) is 0.500. The Labute approximate surface area is 138 Å². The largest absolute Gasteiger partial charge is 0.459 e. The maximum Gasteiger partial charge on any atom is 0.325 e. The van der Waals surface area contributed by atoms with E-state index in [4.69, 9.17) is 8.83 Å². The molecule has 2 aliphatic rings. The summed E-state index contributed by atoms with van der Waals surface area (Å²) >= 11 is 0. The molecule has 1 aliphatic heterocycles. The molecule has 0 bridgehead atoms. The summed E-state index contributed by atoms with van der Waals surface area (Å²) in [5, 5.41) is 10.7. The van der Waals surface area contributed by atoms with Crippen LogP contribution in [0.5, 0.6) is 0 Å². The van der Waals surface area contributed by atoms with Gasteiger partial charge in [-0.15, -0.1) is 10.2 Å². The van der Waals surface area contributed by atoms with Gasteiger partial charge < -0.3 is 14.2 Å². The van der Waals surface area contributed by atoms with Gasteiger partial charge in [-0.25, -0.2) is 4.79 Å². The number of hydrogen-bond acceptors (Lipinski definition) is 6. The Balaban J connectivity index is 1.52. The Morgan fingerprint density at radius 2 is 1.96 bits per heavy atom. The van der Waals surface area contributed by atoms with Gasteiger partial charge in [0.25, 0.3) is 11.8 Å². The Hall–Kier alpha value is -2.64. The maximum atomic E-state index is 12.8. The van der Waals surface area contributed by atoms with Gasteiger partial charge in [0.05, 0.1) is 6.26 Å². The Morgan fingerprint density at radius 1 is 1.17 bits per heavy atom. The number of hydrogen-bond donors (Lipinski definition) is 1. The molecule has 0 radical (unpaired) electrons. The molecule has 126 valence electrons. The van der Waals surface area contributed by atoms with Crippen molar-refractivity contribution in [3.8, 4) is 11.7 Å². The minimum atomic E-state index is -0.753. The van der Waals surface area contributed by atoms with Crippen LogP contribution in [-0.4, -0.2) is 32.6 Å². The summed E-state index contributed by atoms with van der Waals surface area (Å²) in [5.74, 6) is 0.695. The van der Waals surface area contributed by atoms with Crippen molar-refractivity contribution in [2.45, 2.75) is 50.6 Å². The van der Waals surface area contributed by atoms with Gasteiger partial charge >= 0.3 is 6.03 Å². The molecule has 3 amide bonds. The van der Waals surface area contributed by atoms with Gasteiger partial charge in [-0.3, -0.25) is 9.69 Å². The number of amides is 3. The lowest BCUT2D eigenvalue weighted by atomic mass is 9.90. The molecule has 1 saturated heterocycles. The van der Waals surface area contributed by atoms with E-state index in [2.05, 4.69) is 15.5 Å².